The third-order valence-corrected chi connectivity index (χ3v) is 6.16. The van der Waals surface area contributed by atoms with E-state index in [1.165, 1.54) is 25.8 Å². The van der Waals surface area contributed by atoms with Crippen molar-refractivity contribution in [1.82, 2.24) is 5.32 Å². The van der Waals surface area contributed by atoms with Crippen LogP contribution in [0.1, 0.15) is 45.3 Å². The Morgan fingerprint density at radius 2 is 2.10 bits per heavy atom. The summed E-state index contributed by atoms with van der Waals surface area (Å²) in [7, 11) is 0. The third kappa shape index (κ3) is 3.06. The minimum atomic E-state index is 0.0866. The second kappa shape index (κ2) is 5.93. The van der Waals surface area contributed by atoms with Gasteiger partial charge in [0.15, 0.2) is 0 Å². The largest absolute Gasteiger partial charge is 0.351 e. The first-order valence-corrected chi connectivity index (χ1v) is 9.18. The van der Waals surface area contributed by atoms with Gasteiger partial charge in [-0.2, -0.15) is 0 Å². The maximum Gasteiger partial charge on any atom is 0.261 e. The van der Waals surface area contributed by atoms with Crippen molar-refractivity contribution in [3.8, 4) is 10.4 Å². The average Bonchev–Trinajstić information content (AvgIpc) is 2.99. The monoisotopic (exact) mass is 319 g/mol. The second-order valence-corrected chi connectivity index (χ2v) is 8.49. The van der Waals surface area contributed by atoms with Crippen LogP contribution in [0, 0.1) is 12.8 Å². The Hall–Kier alpha value is -1.13. The predicted molar refractivity (Wildman–Crippen MR) is 91.6 cm³/mol. The van der Waals surface area contributed by atoms with E-state index in [0.717, 1.165) is 30.7 Å². The molecule has 2 nitrogen and oxygen atoms in total. The molecule has 0 aromatic carbocycles. The van der Waals surface area contributed by atoms with Gasteiger partial charge in [-0.15, -0.1) is 22.7 Å². The summed E-state index contributed by atoms with van der Waals surface area (Å²) in [5.41, 5.74) is 2.71. The number of fused-ring (bicyclic) bond motifs is 3. The second-order valence-electron chi connectivity index (χ2n) is 6.10. The van der Waals surface area contributed by atoms with Crippen LogP contribution in [0.3, 0.4) is 0 Å². The molecule has 0 saturated carbocycles. The SMILES string of the molecule is Cc1cc2c(s1)CCc1cc(C(=O)NCCC(C)C)sc1-2. The van der Waals surface area contributed by atoms with E-state index in [2.05, 4.69) is 38.2 Å². The van der Waals surface area contributed by atoms with Crippen molar-refractivity contribution in [2.75, 3.05) is 6.54 Å². The molecule has 1 amide bonds. The first-order chi connectivity index (χ1) is 10.0. The molecule has 1 aliphatic rings. The molecule has 0 unspecified atom stereocenters. The number of rotatable bonds is 4. The highest BCUT2D eigenvalue weighted by Gasteiger charge is 2.23. The average molecular weight is 319 g/mol. The van der Waals surface area contributed by atoms with Crippen LogP contribution in [0.5, 0.6) is 0 Å². The van der Waals surface area contributed by atoms with E-state index in [-0.39, 0.29) is 5.91 Å². The lowest BCUT2D eigenvalue weighted by molar-refractivity contribution is 0.0956. The van der Waals surface area contributed by atoms with Gasteiger partial charge in [0.1, 0.15) is 0 Å². The van der Waals surface area contributed by atoms with E-state index in [9.17, 15) is 4.79 Å². The summed E-state index contributed by atoms with van der Waals surface area (Å²) in [5, 5.41) is 3.04. The van der Waals surface area contributed by atoms with Crippen LogP contribution in [0.4, 0.5) is 0 Å². The van der Waals surface area contributed by atoms with Gasteiger partial charge < -0.3 is 5.32 Å². The summed E-state index contributed by atoms with van der Waals surface area (Å²) in [4.78, 5) is 17.3. The van der Waals surface area contributed by atoms with Crippen molar-refractivity contribution >= 4 is 28.6 Å². The molecule has 2 aromatic heterocycles. The van der Waals surface area contributed by atoms with E-state index < -0.39 is 0 Å². The Morgan fingerprint density at radius 3 is 2.86 bits per heavy atom. The van der Waals surface area contributed by atoms with Gasteiger partial charge >= 0.3 is 0 Å². The number of nitrogens with one attached hydrogen (secondary N) is 1. The Labute approximate surface area is 134 Å². The van der Waals surface area contributed by atoms with Crippen molar-refractivity contribution in [2.45, 2.75) is 40.0 Å². The molecular formula is C17H21NOS2. The zero-order chi connectivity index (χ0) is 15.0. The summed E-state index contributed by atoms with van der Waals surface area (Å²) in [6.07, 6.45) is 3.22. The maximum absolute atomic E-state index is 12.3. The van der Waals surface area contributed by atoms with E-state index >= 15 is 0 Å². The summed E-state index contributed by atoms with van der Waals surface area (Å²) in [5.74, 6) is 0.710. The van der Waals surface area contributed by atoms with Crippen molar-refractivity contribution in [2.24, 2.45) is 5.92 Å². The highest BCUT2D eigenvalue weighted by Crippen LogP contribution is 2.43. The molecule has 0 spiro atoms. The van der Waals surface area contributed by atoms with Gasteiger partial charge in [-0.3, -0.25) is 4.79 Å². The zero-order valence-electron chi connectivity index (χ0n) is 12.8. The van der Waals surface area contributed by atoms with E-state index in [0.29, 0.717) is 5.92 Å². The van der Waals surface area contributed by atoms with Gasteiger partial charge in [-0.1, -0.05) is 13.8 Å². The third-order valence-electron chi connectivity index (χ3n) is 3.84. The Morgan fingerprint density at radius 1 is 1.29 bits per heavy atom. The van der Waals surface area contributed by atoms with Crippen molar-refractivity contribution in [3.05, 3.63) is 32.3 Å². The van der Waals surface area contributed by atoms with Crippen molar-refractivity contribution in [3.63, 3.8) is 0 Å². The molecule has 3 rings (SSSR count). The molecule has 4 heteroatoms. The van der Waals surface area contributed by atoms with Crippen LogP contribution in [0.15, 0.2) is 12.1 Å². The van der Waals surface area contributed by atoms with E-state index in [1.54, 1.807) is 11.3 Å². The fraction of sp³-hybridized carbons (Fsp3) is 0.471. The van der Waals surface area contributed by atoms with Crippen LogP contribution in [-0.2, 0) is 12.8 Å². The van der Waals surface area contributed by atoms with Gasteiger partial charge in [0.25, 0.3) is 5.91 Å². The molecule has 2 aromatic rings. The predicted octanol–water partition coefficient (Wildman–Crippen LogP) is 4.66. The maximum atomic E-state index is 12.3. The molecule has 0 bridgehead atoms. The summed E-state index contributed by atoms with van der Waals surface area (Å²) < 4.78 is 0. The summed E-state index contributed by atoms with van der Waals surface area (Å²) >= 11 is 3.55. The molecule has 0 aliphatic heterocycles. The Kier molecular flexibility index (Phi) is 4.18. The number of amides is 1. The van der Waals surface area contributed by atoms with Crippen LogP contribution in [0.25, 0.3) is 10.4 Å². The molecule has 2 heterocycles. The highest BCUT2D eigenvalue weighted by molar-refractivity contribution is 7.18. The van der Waals surface area contributed by atoms with Crippen LogP contribution >= 0.6 is 22.7 Å². The van der Waals surface area contributed by atoms with Gasteiger partial charge in [0.05, 0.1) is 4.88 Å². The number of aryl methyl sites for hydroxylation is 3. The molecular weight excluding hydrogens is 298 g/mol. The van der Waals surface area contributed by atoms with Crippen molar-refractivity contribution in [1.29, 1.82) is 0 Å². The standard InChI is InChI=1S/C17H21NOS2/c1-10(2)6-7-18-17(19)15-9-12-4-5-14-13(16(12)21-15)8-11(3)20-14/h8-10H,4-7H2,1-3H3,(H,18,19). The fourth-order valence-corrected chi connectivity index (χ4v) is 4.98. The zero-order valence-corrected chi connectivity index (χ0v) is 14.4. The molecule has 0 atom stereocenters. The Bertz CT molecular complexity index is 666. The first-order valence-electron chi connectivity index (χ1n) is 7.55. The van der Waals surface area contributed by atoms with Gasteiger partial charge in [-0.05, 0) is 49.8 Å². The number of hydrogen-bond donors (Lipinski definition) is 1. The number of thiophene rings is 2. The molecule has 1 N–H and O–H groups in total. The molecule has 0 radical (unpaired) electrons. The summed E-state index contributed by atoms with van der Waals surface area (Å²) in [6, 6.07) is 4.37. The highest BCUT2D eigenvalue weighted by atomic mass is 32.1. The van der Waals surface area contributed by atoms with Crippen LogP contribution in [0.2, 0.25) is 0 Å². The molecule has 0 fully saturated rings. The minimum absolute atomic E-state index is 0.0866. The lowest BCUT2D eigenvalue weighted by Gasteiger charge is -2.10. The molecule has 0 saturated heterocycles. The normalized spacial score (nSPS) is 13.1. The number of carbonyl (C=O) groups excluding carboxylic acids is 1. The smallest absolute Gasteiger partial charge is 0.261 e. The van der Waals surface area contributed by atoms with Crippen LogP contribution < -0.4 is 5.32 Å². The van der Waals surface area contributed by atoms with Gasteiger partial charge in [0, 0.05) is 26.7 Å². The fourth-order valence-electron chi connectivity index (χ4n) is 2.70. The van der Waals surface area contributed by atoms with Crippen LogP contribution in [-0.4, -0.2) is 12.5 Å². The van der Waals surface area contributed by atoms with Gasteiger partial charge in [0.2, 0.25) is 0 Å². The Balaban J connectivity index is 1.79. The quantitative estimate of drug-likeness (QED) is 0.872. The number of hydrogen-bond acceptors (Lipinski definition) is 3. The number of carbonyl (C=O) groups is 1. The molecule has 1 aliphatic carbocycles. The molecule has 112 valence electrons. The van der Waals surface area contributed by atoms with Gasteiger partial charge in [-0.25, -0.2) is 0 Å². The van der Waals surface area contributed by atoms with Crippen molar-refractivity contribution < 1.29 is 4.79 Å². The van der Waals surface area contributed by atoms with E-state index in [1.807, 2.05) is 11.3 Å². The summed E-state index contributed by atoms with van der Waals surface area (Å²) in [6.45, 7) is 7.28. The lowest BCUT2D eigenvalue weighted by atomic mass is 9.98. The van der Waals surface area contributed by atoms with E-state index in [4.69, 9.17) is 0 Å². The molecule has 21 heavy (non-hydrogen) atoms. The topological polar surface area (TPSA) is 29.1 Å². The first kappa shape index (κ1) is 14.8. The lowest BCUT2D eigenvalue weighted by Crippen LogP contribution is -2.24. The minimum Gasteiger partial charge on any atom is -0.351 e.